The Morgan fingerprint density at radius 3 is 2.58 bits per heavy atom. The number of halogens is 1. The van der Waals surface area contributed by atoms with E-state index in [1.165, 1.54) is 9.21 Å². The molecular formula is C25H32BrN3O6S. The van der Waals surface area contributed by atoms with Crippen molar-refractivity contribution in [1.82, 2.24) is 10.2 Å². The Labute approximate surface area is 220 Å². The van der Waals surface area contributed by atoms with Crippen molar-refractivity contribution in [2.24, 2.45) is 0 Å². The standard InChI is InChI=1S/C25H32BrN3O6S/c1-4-12-27-25(31)18(2)28(16-19-7-5-8-20(26)14-19)24(30)9-6-13-29(36(3,32)33)21-10-11-22-23(15-21)35-17-34-22/h5,7-8,10-11,14-15,18H,4,6,9,12-13,16-17H2,1-3H3,(H,27,31)/t18-/m1/s1. The molecule has 0 spiro atoms. The summed E-state index contributed by atoms with van der Waals surface area (Å²) in [5.74, 6) is 0.580. The summed E-state index contributed by atoms with van der Waals surface area (Å²) in [4.78, 5) is 27.5. The molecule has 1 heterocycles. The van der Waals surface area contributed by atoms with Crippen LogP contribution in [0.3, 0.4) is 0 Å². The summed E-state index contributed by atoms with van der Waals surface area (Å²) in [7, 11) is -3.60. The number of amides is 2. The maximum absolute atomic E-state index is 13.3. The number of carbonyl (C=O) groups excluding carboxylic acids is 2. The van der Waals surface area contributed by atoms with Gasteiger partial charge in [0.25, 0.3) is 0 Å². The first kappa shape index (κ1) is 27.8. The monoisotopic (exact) mass is 581 g/mol. The number of fused-ring (bicyclic) bond motifs is 1. The first-order chi connectivity index (χ1) is 17.1. The summed E-state index contributed by atoms with van der Waals surface area (Å²) in [6, 6.07) is 11.8. The summed E-state index contributed by atoms with van der Waals surface area (Å²) < 4.78 is 37.8. The fraction of sp³-hybridized carbons (Fsp3) is 0.440. The largest absolute Gasteiger partial charge is 0.454 e. The molecule has 3 rings (SSSR count). The Hall–Kier alpha value is -2.79. The Kier molecular flexibility index (Phi) is 9.61. The SMILES string of the molecule is CCCNC(=O)[C@@H](C)N(Cc1cccc(Br)c1)C(=O)CCCN(c1ccc2c(c1)OCO2)S(C)(=O)=O. The van der Waals surface area contributed by atoms with Crippen LogP contribution in [-0.4, -0.2) is 57.3 Å². The molecule has 1 aliphatic rings. The number of rotatable bonds is 12. The molecule has 0 saturated carbocycles. The normalized spacial score (nSPS) is 13.2. The zero-order valence-corrected chi connectivity index (χ0v) is 23.1. The van der Waals surface area contributed by atoms with Gasteiger partial charge in [-0.25, -0.2) is 8.42 Å². The van der Waals surface area contributed by atoms with Crippen LogP contribution >= 0.6 is 15.9 Å². The number of nitrogens with one attached hydrogen (secondary N) is 1. The van der Waals surface area contributed by atoms with Gasteiger partial charge in [-0.15, -0.1) is 0 Å². The molecule has 0 fully saturated rings. The molecule has 0 bridgehead atoms. The van der Waals surface area contributed by atoms with Gasteiger partial charge in [-0.3, -0.25) is 13.9 Å². The van der Waals surface area contributed by atoms with Gasteiger partial charge in [0.2, 0.25) is 28.6 Å². The molecule has 2 aromatic carbocycles. The van der Waals surface area contributed by atoms with Crippen molar-refractivity contribution in [2.45, 2.75) is 45.7 Å². The fourth-order valence-corrected chi connectivity index (χ4v) is 5.26. The lowest BCUT2D eigenvalue weighted by Crippen LogP contribution is -2.47. The lowest BCUT2D eigenvalue weighted by atomic mass is 10.1. The van der Waals surface area contributed by atoms with Gasteiger partial charge < -0.3 is 19.7 Å². The predicted octanol–water partition coefficient (Wildman–Crippen LogP) is 3.67. The molecule has 11 heteroatoms. The number of hydrogen-bond donors (Lipinski definition) is 1. The minimum absolute atomic E-state index is 0.0793. The van der Waals surface area contributed by atoms with E-state index in [-0.39, 0.29) is 44.5 Å². The highest BCUT2D eigenvalue weighted by Crippen LogP contribution is 2.36. The van der Waals surface area contributed by atoms with Crippen molar-refractivity contribution in [3.8, 4) is 11.5 Å². The first-order valence-corrected chi connectivity index (χ1v) is 14.4. The average molecular weight is 583 g/mol. The van der Waals surface area contributed by atoms with Crippen LogP contribution in [0.2, 0.25) is 0 Å². The third kappa shape index (κ3) is 7.36. The number of benzene rings is 2. The fourth-order valence-electron chi connectivity index (χ4n) is 3.85. The van der Waals surface area contributed by atoms with Gasteiger partial charge in [0.05, 0.1) is 11.9 Å². The van der Waals surface area contributed by atoms with Crippen LogP contribution in [0.25, 0.3) is 0 Å². The smallest absolute Gasteiger partial charge is 0.242 e. The maximum atomic E-state index is 13.3. The highest BCUT2D eigenvalue weighted by Gasteiger charge is 2.27. The molecule has 2 amide bonds. The van der Waals surface area contributed by atoms with Gasteiger partial charge in [-0.05, 0) is 49.6 Å². The Balaban J connectivity index is 1.72. The molecule has 0 aromatic heterocycles. The molecule has 0 radical (unpaired) electrons. The molecular weight excluding hydrogens is 550 g/mol. The van der Waals surface area contributed by atoms with E-state index in [4.69, 9.17) is 9.47 Å². The second-order valence-corrected chi connectivity index (χ2v) is 11.4. The van der Waals surface area contributed by atoms with Crippen molar-refractivity contribution >= 4 is 43.5 Å². The van der Waals surface area contributed by atoms with Crippen molar-refractivity contribution in [3.63, 3.8) is 0 Å². The summed E-state index contributed by atoms with van der Waals surface area (Å²) in [5.41, 5.74) is 1.32. The Morgan fingerprint density at radius 1 is 1.14 bits per heavy atom. The van der Waals surface area contributed by atoms with E-state index in [0.29, 0.717) is 23.7 Å². The predicted molar refractivity (Wildman–Crippen MR) is 141 cm³/mol. The summed E-state index contributed by atoms with van der Waals surface area (Å²) >= 11 is 3.44. The maximum Gasteiger partial charge on any atom is 0.242 e. The third-order valence-electron chi connectivity index (χ3n) is 5.75. The zero-order valence-electron chi connectivity index (χ0n) is 20.7. The van der Waals surface area contributed by atoms with Crippen molar-refractivity contribution in [2.75, 3.05) is 30.4 Å². The zero-order chi connectivity index (χ0) is 26.3. The van der Waals surface area contributed by atoms with E-state index >= 15 is 0 Å². The summed E-state index contributed by atoms with van der Waals surface area (Å²) in [5, 5.41) is 2.85. The minimum Gasteiger partial charge on any atom is -0.454 e. The lowest BCUT2D eigenvalue weighted by molar-refractivity contribution is -0.140. The van der Waals surface area contributed by atoms with Crippen LogP contribution in [0, 0.1) is 0 Å². The van der Waals surface area contributed by atoms with Crippen molar-refractivity contribution in [1.29, 1.82) is 0 Å². The van der Waals surface area contributed by atoms with E-state index in [1.54, 1.807) is 25.1 Å². The molecule has 1 atom stereocenters. The molecule has 0 saturated heterocycles. The molecule has 36 heavy (non-hydrogen) atoms. The van der Waals surface area contributed by atoms with Crippen molar-refractivity contribution in [3.05, 3.63) is 52.5 Å². The topological polar surface area (TPSA) is 105 Å². The van der Waals surface area contributed by atoms with Crippen LogP contribution < -0.4 is 19.1 Å². The second-order valence-electron chi connectivity index (χ2n) is 8.59. The Bertz CT molecular complexity index is 1190. The molecule has 1 aliphatic heterocycles. The van der Waals surface area contributed by atoms with Gasteiger partial charge in [-0.2, -0.15) is 0 Å². The van der Waals surface area contributed by atoms with Gasteiger partial charge in [0, 0.05) is 36.6 Å². The van der Waals surface area contributed by atoms with Gasteiger partial charge >= 0.3 is 0 Å². The Morgan fingerprint density at radius 2 is 1.89 bits per heavy atom. The van der Waals surface area contributed by atoms with Gasteiger partial charge in [-0.1, -0.05) is 35.0 Å². The highest BCUT2D eigenvalue weighted by molar-refractivity contribution is 9.10. The lowest BCUT2D eigenvalue weighted by Gasteiger charge is -2.29. The number of hydrogen-bond acceptors (Lipinski definition) is 6. The molecule has 1 N–H and O–H groups in total. The van der Waals surface area contributed by atoms with Crippen LogP contribution in [0.1, 0.15) is 38.7 Å². The van der Waals surface area contributed by atoms with Crippen LogP contribution in [0.15, 0.2) is 46.9 Å². The van der Waals surface area contributed by atoms with E-state index in [2.05, 4.69) is 21.2 Å². The number of carbonyl (C=O) groups is 2. The minimum atomic E-state index is -3.60. The average Bonchev–Trinajstić information content (AvgIpc) is 3.30. The van der Waals surface area contributed by atoms with Crippen LogP contribution in [-0.2, 0) is 26.2 Å². The second kappa shape index (κ2) is 12.4. The number of nitrogens with zero attached hydrogens (tertiary/aromatic N) is 2. The van der Waals surface area contributed by atoms with E-state index < -0.39 is 16.1 Å². The van der Waals surface area contributed by atoms with Crippen molar-refractivity contribution < 1.29 is 27.5 Å². The van der Waals surface area contributed by atoms with E-state index in [0.717, 1.165) is 22.7 Å². The molecule has 2 aromatic rings. The van der Waals surface area contributed by atoms with Gasteiger partial charge in [0.15, 0.2) is 11.5 Å². The number of ether oxygens (including phenoxy) is 2. The summed E-state index contributed by atoms with van der Waals surface area (Å²) in [6.07, 6.45) is 2.27. The molecule has 0 unspecified atom stereocenters. The van der Waals surface area contributed by atoms with Gasteiger partial charge in [0.1, 0.15) is 6.04 Å². The first-order valence-electron chi connectivity index (χ1n) is 11.8. The number of anilines is 1. The van der Waals surface area contributed by atoms with E-state index in [1.807, 2.05) is 31.2 Å². The van der Waals surface area contributed by atoms with Crippen LogP contribution in [0.4, 0.5) is 5.69 Å². The van der Waals surface area contributed by atoms with E-state index in [9.17, 15) is 18.0 Å². The third-order valence-corrected chi connectivity index (χ3v) is 7.44. The molecule has 0 aliphatic carbocycles. The number of sulfonamides is 1. The summed E-state index contributed by atoms with van der Waals surface area (Å²) in [6.45, 7) is 4.65. The van der Waals surface area contributed by atoms with Crippen LogP contribution in [0.5, 0.6) is 11.5 Å². The molecule has 196 valence electrons. The highest BCUT2D eigenvalue weighted by atomic mass is 79.9. The molecule has 9 nitrogen and oxygen atoms in total. The quantitative estimate of drug-likeness (QED) is 0.410.